The quantitative estimate of drug-likeness (QED) is 0.522. The first-order valence-corrected chi connectivity index (χ1v) is 8.46. The van der Waals surface area contributed by atoms with Crippen molar-refractivity contribution >= 4 is 0 Å². The molecule has 0 bridgehead atoms. The third-order valence-corrected chi connectivity index (χ3v) is 3.91. The van der Waals surface area contributed by atoms with E-state index in [9.17, 15) is 10.2 Å². The van der Waals surface area contributed by atoms with Crippen LogP contribution < -0.4 is 48.1 Å². The van der Waals surface area contributed by atoms with E-state index in [1.54, 1.807) is 0 Å². The minimum Gasteiger partial charge on any atom is -0.870 e. The Hall–Kier alpha value is -2.85. The molecule has 31 heavy (non-hydrogen) atoms. The molecule has 0 radical (unpaired) electrons. The molecule has 10 nitrogen and oxygen atoms in total. The van der Waals surface area contributed by atoms with Crippen LogP contribution in [-0.2, 0) is 21.7 Å². The molecule has 0 N–H and O–H groups in total. The summed E-state index contributed by atoms with van der Waals surface area (Å²) in [7, 11) is 11.5. The van der Waals surface area contributed by atoms with E-state index in [1.165, 1.54) is 69.0 Å². The third-order valence-electron chi connectivity index (χ3n) is 3.91. The summed E-state index contributed by atoms with van der Waals surface area (Å²) in [6.45, 7) is 0. The van der Waals surface area contributed by atoms with Gasteiger partial charge in [0.1, 0.15) is 0 Å². The van der Waals surface area contributed by atoms with Crippen molar-refractivity contribution in [1.29, 1.82) is 0 Å². The molecule has 0 aliphatic carbocycles. The molecular formula is C20H26O10Ti. The van der Waals surface area contributed by atoms with E-state index in [-0.39, 0.29) is 56.2 Å². The molecule has 0 aromatic heterocycles. The fourth-order valence-corrected chi connectivity index (χ4v) is 2.60. The minimum atomic E-state index is -0.313. The van der Waals surface area contributed by atoms with Crippen molar-refractivity contribution in [3.63, 3.8) is 0 Å². The molecule has 0 amide bonds. The van der Waals surface area contributed by atoms with Crippen LogP contribution in [0.5, 0.6) is 57.5 Å². The zero-order valence-electron chi connectivity index (χ0n) is 18.7. The summed E-state index contributed by atoms with van der Waals surface area (Å²) in [5, 5.41) is 23.1. The Kier molecular flexibility index (Phi) is 12.2. The second kappa shape index (κ2) is 13.5. The number of hydrogen-bond donors (Lipinski definition) is 0. The van der Waals surface area contributed by atoms with Crippen LogP contribution in [0.3, 0.4) is 0 Å². The predicted octanol–water partition coefficient (Wildman–Crippen LogP) is 1.59. The van der Waals surface area contributed by atoms with E-state index < -0.39 is 0 Å². The molecule has 0 heterocycles. The number of methoxy groups -OCH3 is 8. The minimum absolute atomic E-state index is 0. The second-order valence-electron chi connectivity index (χ2n) is 5.35. The van der Waals surface area contributed by atoms with Gasteiger partial charge in [-0.25, -0.2) is 0 Å². The third kappa shape index (κ3) is 6.08. The van der Waals surface area contributed by atoms with Crippen molar-refractivity contribution in [1.82, 2.24) is 0 Å². The maximum atomic E-state index is 11.5. The van der Waals surface area contributed by atoms with E-state index in [2.05, 4.69) is 0 Å². The zero-order chi connectivity index (χ0) is 22.8. The molecule has 0 saturated carbocycles. The van der Waals surface area contributed by atoms with Gasteiger partial charge in [-0.3, -0.25) is 0 Å². The summed E-state index contributed by atoms with van der Waals surface area (Å²) in [5.41, 5.74) is 0. The summed E-state index contributed by atoms with van der Waals surface area (Å²) in [4.78, 5) is 0. The molecule has 0 fully saturated rings. The first-order valence-electron chi connectivity index (χ1n) is 8.46. The molecular weight excluding hydrogens is 448 g/mol. The Morgan fingerprint density at radius 3 is 0.871 bits per heavy atom. The van der Waals surface area contributed by atoms with Gasteiger partial charge in [0.15, 0.2) is 23.0 Å². The summed E-state index contributed by atoms with van der Waals surface area (Å²) in [6, 6.07) is 2.58. The Morgan fingerprint density at radius 2 is 0.677 bits per heavy atom. The molecule has 0 aliphatic heterocycles. The van der Waals surface area contributed by atoms with E-state index in [4.69, 9.17) is 37.9 Å². The summed E-state index contributed by atoms with van der Waals surface area (Å²) in [5.74, 6) is 1.39. The molecule has 0 saturated heterocycles. The molecule has 0 spiro atoms. The van der Waals surface area contributed by atoms with Gasteiger partial charge in [0, 0.05) is 0 Å². The first kappa shape index (κ1) is 28.2. The van der Waals surface area contributed by atoms with Gasteiger partial charge in [-0.2, -0.15) is 0 Å². The summed E-state index contributed by atoms with van der Waals surface area (Å²) in [6.07, 6.45) is 0. The molecule has 0 aliphatic rings. The largest absolute Gasteiger partial charge is 2.00 e. The van der Waals surface area contributed by atoms with Crippen molar-refractivity contribution in [2.24, 2.45) is 0 Å². The van der Waals surface area contributed by atoms with Gasteiger partial charge >= 0.3 is 21.7 Å². The SMILES string of the molecule is COc1cc([O-])c(OC)c(OC)c1OC.COc1cc([O-])c(OC)c(OC)c1OC.[Ti+2]. The van der Waals surface area contributed by atoms with Gasteiger partial charge in [0.2, 0.25) is 23.0 Å². The maximum Gasteiger partial charge on any atom is 2.00 e. The molecule has 2 rings (SSSR count). The van der Waals surface area contributed by atoms with Crippen LogP contribution in [0.1, 0.15) is 0 Å². The molecule has 2 aromatic carbocycles. The fourth-order valence-electron chi connectivity index (χ4n) is 2.60. The van der Waals surface area contributed by atoms with Gasteiger partial charge < -0.3 is 48.1 Å². The van der Waals surface area contributed by atoms with E-state index >= 15 is 0 Å². The normalized spacial score (nSPS) is 9.29. The number of rotatable bonds is 8. The summed E-state index contributed by atoms with van der Waals surface area (Å²) >= 11 is 0. The fraction of sp³-hybridized carbons (Fsp3) is 0.400. The number of benzene rings is 2. The van der Waals surface area contributed by atoms with Crippen molar-refractivity contribution in [3.05, 3.63) is 12.1 Å². The average molecular weight is 474 g/mol. The summed E-state index contributed by atoms with van der Waals surface area (Å²) < 4.78 is 40.1. The monoisotopic (exact) mass is 474 g/mol. The second-order valence-corrected chi connectivity index (χ2v) is 5.35. The van der Waals surface area contributed by atoms with Crippen molar-refractivity contribution in [3.8, 4) is 57.5 Å². The van der Waals surface area contributed by atoms with Gasteiger partial charge in [0.05, 0.1) is 56.9 Å². The predicted molar refractivity (Wildman–Crippen MR) is 104 cm³/mol. The van der Waals surface area contributed by atoms with E-state index in [0.717, 1.165) is 0 Å². The topological polar surface area (TPSA) is 120 Å². The van der Waals surface area contributed by atoms with Crippen molar-refractivity contribution in [2.75, 3.05) is 56.9 Å². The standard InChI is InChI=1S/2C10H14O5.Ti/c2*1-12-7-5-6(11)8(13-2)10(15-4)9(7)14-3;/h2*5,11H,1-4H3;/q;;+2/p-2. The molecule has 0 atom stereocenters. The van der Waals surface area contributed by atoms with Crippen molar-refractivity contribution in [2.45, 2.75) is 0 Å². The Morgan fingerprint density at radius 1 is 0.419 bits per heavy atom. The van der Waals surface area contributed by atoms with E-state index in [0.29, 0.717) is 23.0 Å². The van der Waals surface area contributed by atoms with Crippen LogP contribution in [0.2, 0.25) is 0 Å². The van der Waals surface area contributed by atoms with Crippen LogP contribution in [0.4, 0.5) is 0 Å². The molecule has 170 valence electrons. The zero-order valence-corrected chi connectivity index (χ0v) is 20.3. The van der Waals surface area contributed by atoms with Crippen molar-refractivity contribution < 1.29 is 69.8 Å². The van der Waals surface area contributed by atoms with Crippen LogP contribution in [0, 0.1) is 0 Å². The smallest absolute Gasteiger partial charge is 0.870 e. The maximum absolute atomic E-state index is 11.5. The molecule has 0 unspecified atom stereocenters. The van der Waals surface area contributed by atoms with Crippen LogP contribution in [0.25, 0.3) is 0 Å². The Labute approximate surface area is 196 Å². The average Bonchev–Trinajstić information content (AvgIpc) is 2.77. The molecule has 11 heteroatoms. The van der Waals surface area contributed by atoms with Gasteiger partial charge in [0.25, 0.3) is 0 Å². The Balaban J connectivity index is 0.000000562. The van der Waals surface area contributed by atoms with E-state index in [1.807, 2.05) is 0 Å². The van der Waals surface area contributed by atoms with Gasteiger partial charge in [-0.15, -0.1) is 0 Å². The number of ether oxygens (including phenoxy) is 8. The first-order chi connectivity index (χ1) is 14.4. The van der Waals surface area contributed by atoms with Gasteiger partial charge in [-0.05, 0) is 12.1 Å². The Bertz CT molecular complexity index is 772. The number of hydrogen-bond acceptors (Lipinski definition) is 10. The van der Waals surface area contributed by atoms with Gasteiger partial charge in [-0.1, -0.05) is 11.5 Å². The van der Waals surface area contributed by atoms with Crippen LogP contribution >= 0.6 is 0 Å². The molecule has 2 aromatic rings. The van der Waals surface area contributed by atoms with Crippen LogP contribution in [0.15, 0.2) is 12.1 Å². The van der Waals surface area contributed by atoms with Crippen LogP contribution in [-0.4, -0.2) is 56.9 Å².